The molecule has 3 aromatic carbocycles. The standard InChI is InChI=1S/C24H21ClN2O3/c25-22-5-2-1-4-18(22)16-30-21-13-7-17(8-14-21)24(29)26-19-9-11-20(12-10-19)27-15-3-6-23(27)28/h1-2,4-5,7-14H,3,6,15-16H2,(H,26,29). The zero-order valence-electron chi connectivity index (χ0n) is 16.3. The van der Waals surface area contributed by atoms with Crippen LogP contribution in [0.1, 0.15) is 28.8 Å². The molecule has 30 heavy (non-hydrogen) atoms. The van der Waals surface area contributed by atoms with Crippen LogP contribution in [0.25, 0.3) is 0 Å². The summed E-state index contributed by atoms with van der Waals surface area (Å²) in [5.74, 6) is 0.590. The number of nitrogens with one attached hydrogen (secondary N) is 1. The van der Waals surface area contributed by atoms with Crippen molar-refractivity contribution in [3.05, 3.63) is 88.9 Å². The molecule has 1 N–H and O–H groups in total. The van der Waals surface area contributed by atoms with Gasteiger partial charge in [0.2, 0.25) is 5.91 Å². The number of amides is 2. The van der Waals surface area contributed by atoms with Crippen molar-refractivity contribution in [1.29, 1.82) is 0 Å². The first kappa shape index (κ1) is 20.0. The minimum atomic E-state index is -0.211. The molecule has 0 unspecified atom stereocenters. The average Bonchev–Trinajstić information content (AvgIpc) is 3.20. The highest BCUT2D eigenvalue weighted by Crippen LogP contribution is 2.24. The van der Waals surface area contributed by atoms with E-state index in [0.29, 0.717) is 35.1 Å². The maximum Gasteiger partial charge on any atom is 0.255 e. The lowest BCUT2D eigenvalue weighted by Gasteiger charge is -2.16. The zero-order valence-corrected chi connectivity index (χ0v) is 17.1. The normalized spacial score (nSPS) is 13.4. The topological polar surface area (TPSA) is 58.6 Å². The zero-order chi connectivity index (χ0) is 20.9. The third-order valence-corrected chi connectivity index (χ3v) is 5.35. The number of carbonyl (C=O) groups is 2. The number of hydrogen-bond donors (Lipinski definition) is 1. The van der Waals surface area contributed by atoms with E-state index in [-0.39, 0.29) is 11.8 Å². The minimum Gasteiger partial charge on any atom is -0.489 e. The molecule has 0 spiro atoms. The van der Waals surface area contributed by atoms with Gasteiger partial charge in [0.25, 0.3) is 5.91 Å². The number of carbonyl (C=O) groups excluding carboxylic acids is 2. The van der Waals surface area contributed by atoms with Crippen LogP contribution in [0.4, 0.5) is 11.4 Å². The van der Waals surface area contributed by atoms with Gasteiger partial charge in [0, 0.05) is 40.5 Å². The molecule has 0 saturated carbocycles. The molecule has 152 valence electrons. The van der Waals surface area contributed by atoms with Gasteiger partial charge < -0.3 is 15.0 Å². The van der Waals surface area contributed by atoms with Crippen molar-refractivity contribution in [2.75, 3.05) is 16.8 Å². The Morgan fingerprint density at radius 2 is 1.73 bits per heavy atom. The van der Waals surface area contributed by atoms with Gasteiger partial charge in [-0.15, -0.1) is 0 Å². The summed E-state index contributed by atoms with van der Waals surface area (Å²) in [6.07, 6.45) is 1.48. The molecule has 6 heteroatoms. The van der Waals surface area contributed by atoms with Crippen LogP contribution in [0.15, 0.2) is 72.8 Å². The van der Waals surface area contributed by atoms with Crippen molar-refractivity contribution in [3.63, 3.8) is 0 Å². The fraction of sp³-hybridized carbons (Fsp3) is 0.167. The smallest absolute Gasteiger partial charge is 0.255 e. The highest BCUT2D eigenvalue weighted by atomic mass is 35.5. The summed E-state index contributed by atoms with van der Waals surface area (Å²) in [5.41, 5.74) is 2.96. The fourth-order valence-electron chi connectivity index (χ4n) is 3.33. The second-order valence-corrected chi connectivity index (χ2v) is 7.46. The summed E-state index contributed by atoms with van der Waals surface area (Å²) in [5, 5.41) is 3.53. The van der Waals surface area contributed by atoms with Crippen LogP contribution in [0.5, 0.6) is 5.75 Å². The van der Waals surface area contributed by atoms with E-state index >= 15 is 0 Å². The van der Waals surface area contributed by atoms with E-state index in [0.717, 1.165) is 24.2 Å². The van der Waals surface area contributed by atoms with Gasteiger partial charge in [-0.05, 0) is 61.0 Å². The number of nitrogens with zero attached hydrogens (tertiary/aromatic N) is 1. The lowest BCUT2D eigenvalue weighted by atomic mass is 10.2. The number of ether oxygens (including phenoxy) is 1. The molecule has 0 bridgehead atoms. The molecular formula is C24H21ClN2O3. The van der Waals surface area contributed by atoms with Crippen LogP contribution in [0, 0.1) is 0 Å². The molecule has 1 heterocycles. The van der Waals surface area contributed by atoms with Crippen LogP contribution >= 0.6 is 11.6 Å². The quantitative estimate of drug-likeness (QED) is 0.588. The van der Waals surface area contributed by atoms with Gasteiger partial charge in [0.15, 0.2) is 0 Å². The van der Waals surface area contributed by atoms with Gasteiger partial charge in [0.1, 0.15) is 12.4 Å². The van der Waals surface area contributed by atoms with Crippen molar-refractivity contribution < 1.29 is 14.3 Å². The number of anilines is 2. The third kappa shape index (κ3) is 4.63. The van der Waals surface area contributed by atoms with Crippen molar-refractivity contribution in [2.45, 2.75) is 19.4 Å². The Morgan fingerprint density at radius 3 is 2.40 bits per heavy atom. The Labute approximate surface area is 180 Å². The number of rotatable bonds is 6. The SMILES string of the molecule is O=C(Nc1ccc(N2CCCC2=O)cc1)c1ccc(OCc2ccccc2Cl)cc1. The van der Waals surface area contributed by atoms with E-state index in [2.05, 4.69) is 5.32 Å². The van der Waals surface area contributed by atoms with Crippen molar-refractivity contribution >= 4 is 34.8 Å². The Morgan fingerprint density at radius 1 is 1.00 bits per heavy atom. The number of hydrogen-bond acceptors (Lipinski definition) is 3. The predicted octanol–water partition coefficient (Wildman–Crippen LogP) is 5.30. The van der Waals surface area contributed by atoms with E-state index in [4.69, 9.17) is 16.3 Å². The van der Waals surface area contributed by atoms with E-state index in [9.17, 15) is 9.59 Å². The Balaban J connectivity index is 1.34. The highest BCUT2D eigenvalue weighted by molar-refractivity contribution is 6.31. The summed E-state index contributed by atoms with van der Waals surface area (Å²) < 4.78 is 5.75. The average molecular weight is 421 g/mol. The van der Waals surface area contributed by atoms with Gasteiger partial charge in [0.05, 0.1) is 0 Å². The molecule has 5 nitrogen and oxygen atoms in total. The third-order valence-electron chi connectivity index (χ3n) is 4.98. The van der Waals surface area contributed by atoms with E-state index < -0.39 is 0 Å². The summed E-state index contributed by atoms with van der Waals surface area (Å²) >= 11 is 6.14. The van der Waals surface area contributed by atoms with E-state index in [1.165, 1.54) is 0 Å². The molecule has 0 radical (unpaired) electrons. The van der Waals surface area contributed by atoms with Gasteiger partial charge in [-0.2, -0.15) is 0 Å². The number of halogens is 1. The summed E-state index contributed by atoms with van der Waals surface area (Å²) in [6, 6.07) is 21.8. The van der Waals surface area contributed by atoms with Gasteiger partial charge in [-0.25, -0.2) is 0 Å². The van der Waals surface area contributed by atoms with Crippen molar-refractivity contribution in [1.82, 2.24) is 0 Å². The second kappa shape index (κ2) is 9.01. The lowest BCUT2D eigenvalue weighted by molar-refractivity contribution is -0.117. The first-order valence-electron chi connectivity index (χ1n) is 9.78. The van der Waals surface area contributed by atoms with Crippen LogP contribution in [0.2, 0.25) is 5.02 Å². The largest absolute Gasteiger partial charge is 0.489 e. The first-order chi connectivity index (χ1) is 14.6. The molecule has 0 aliphatic carbocycles. The maximum absolute atomic E-state index is 12.5. The van der Waals surface area contributed by atoms with E-state index in [1.54, 1.807) is 41.3 Å². The molecule has 1 saturated heterocycles. The van der Waals surface area contributed by atoms with Crippen LogP contribution in [0.3, 0.4) is 0 Å². The van der Waals surface area contributed by atoms with Crippen molar-refractivity contribution in [3.8, 4) is 5.75 Å². The number of benzene rings is 3. The molecule has 1 aliphatic rings. The molecule has 0 aromatic heterocycles. The molecule has 4 rings (SSSR count). The summed E-state index contributed by atoms with van der Waals surface area (Å²) in [7, 11) is 0. The first-order valence-corrected chi connectivity index (χ1v) is 10.2. The van der Waals surface area contributed by atoms with Gasteiger partial charge >= 0.3 is 0 Å². The summed E-state index contributed by atoms with van der Waals surface area (Å²) in [4.78, 5) is 26.1. The predicted molar refractivity (Wildman–Crippen MR) is 118 cm³/mol. The molecule has 3 aromatic rings. The van der Waals surface area contributed by atoms with Crippen molar-refractivity contribution in [2.24, 2.45) is 0 Å². The summed E-state index contributed by atoms with van der Waals surface area (Å²) in [6.45, 7) is 1.10. The van der Waals surface area contributed by atoms with Crippen LogP contribution < -0.4 is 15.0 Å². The Hall–Kier alpha value is -3.31. The lowest BCUT2D eigenvalue weighted by Crippen LogP contribution is -2.23. The van der Waals surface area contributed by atoms with E-state index in [1.807, 2.05) is 36.4 Å². The molecule has 0 atom stereocenters. The second-order valence-electron chi connectivity index (χ2n) is 7.05. The minimum absolute atomic E-state index is 0.142. The fourth-order valence-corrected chi connectivity index (χ4v) is 3.52. The molecule has 2 amide bonds. The monoisotopic (exact) mass is 420 g/mol. The Bertz CT molecular complexity index is 1050. The molecular weight excluding hydrogens is 400 g/mol. The van der Waals surface area contributed by atoms with Gasteiger partial charge in [-0.1, -0.05) is 29.8 Å². The molecule has 1 aliphatic heterocycles. The Kier molecular flexibility index (Phi) is 6.00. The molecule has 1 fully saturated rings. The van der Waals surface area contributed by atoms with Crippen LogP contribution in [-0.4, -0.2) is 18.4 Å². The maximum atomic E-state index is 12.5. The van der Waals surface area contributed by atoms with Crippen LogP contribution in [-0.2, 0) is 11.4 Å². The highest BCUT2D eigenvalue weighted by Gasteiger charge is 2.21. The van der Waals surface area contributed by atoms with Gasteiger partial charge in [-0.3, -0.25) is 9.59 Å².